The first-order chi connectivity index (χ1) is 15.7. The second-order valence-electron chi connectivity index (χ2n) is 7.83. The first-order valence-corrected chi connectivity index (χ1v) is 10.9. The van der Waals surface area contributed by atoms with E-state index >= 15 is 0 Å². The van der Waals surface area contributed by atoms with E-state index in [0.29, 0.717) is 27.7 Å². The summed E-state index contributed by atoms with van der Waals surface area (Å²) in [6.45, 7) is 5.47. The second kappa shape index (κ2) is 8.92. The Morgan fingerprint density at radius 2 is 1.79 bits per heavy atom. The Morgan fingerprint density at radius 3 is 2.36 bits per heavy atom. The summed E-state index contributed by atoms with van der Waals surface area (Å²) in [4.78, 5) is 27.3. The number of anilines is 1. The summed E-state index contributed by atoms with van der Waals surface area (Å²) in [6.07, 6.45) is -0.0182. The number of amides is 1. The van der Waals surface area contributed by atoms with E-state index in [9.17, 15) is 14.7 Å². The molecule has 7 nitrogen and oxygen atoms in total. The molecule has 2 heterocycles. The zero-order valence-electron chi connectivity index (χ0n) is 18.0. The molecule has 3 aromatic rings. The van der Waals surface area contributed by atoms with Gasteiger partial charge in [0.15, 0.2) is 5.82 Å². The van der Waals surface area contributed by atoms with Gasteiger partial charge >= 0.3 is 5.91 Å². The van der Waals surface area contributed by atoms with Crippen molar-refractivity contribution < 1.29 is 24.0 Å². The number of carbonyl (C=O) groups excluding carboxylic acids is 2. The van der Waals surface area contributed by atoms with Gasteiger partial charge in [-0.2, -0.15) is 0 Å². The standard InChI is InChI=1S/C24H20Cl2N2O5/c1-12(2)32-16-7-4-14(5-8-16)22(29)20-21(15-6-9-17(25)18(26)11-15)28(24(31)23(20)30)19-10-13(3)33-27-19/h4-12,21,29H,1-3H3/b22-20+. The molecule has 33 heavy (non-hydrogen) atoms. The lowest BCUT2D eigenvalue weighted by molar-refractivity contribution is -0.132. The molecule has 0 bridgehead atoms. The predicted octanol–water partition coefficient (Wildman–Crippen LogP) is 5.70. The zero-order valence-corrected chi connectivity index (χ0v) is 19.5. The van der Waals surface area contributed by atoms with Crippen LogP contribution in [0.5, 0.6) is 5.75 Å². The van der Waals surface area contributed by atoms with Crippen molar-refractivity contribution in [3.63, 3.8) is 0 Å². The van der Waals surface area contributed by atoms with Crippen molar-refractivity contribution in [1.82, 2.24) is 5.16 Å². The lowest BCUT2D eigenvalue weighted by Gasteiger charge is -2.23. The molecule has 170 valence electrons. The van der Waals surface area contributed by atoms with E-state index in [4.69, 9.17) is 32.5 Å². The van der Waals surface area contributed by atoms with E-state index in [0.717, 1.165) is 0 Å². The van der Waals surface area contributed by atoms with Crippen molar-refractivity contribution in [3.8, 4) is 5.75 Å². The quantitative estimate of drug-likeness (QED) is 0.282. The zero-order chi connectivity index (χ0) is 23.9. The maximum atomic E-state index is 13.1. The molecule has 0 spiro atoms. The monoisotopic (exact) mass is 486 g/mol. The average molecular weight is 487 g/mol. The number of aromatic nitrogens is 1. The molecule has 0 aliphatic carbocycles. The number of carbonyl (C=O) groups is 2. The molecule has 1 N–H and O–H groups in total. The highest BCUT2D eigenvalue weighted by Crippen LogP contribution is 2.43. The van der Waals surface area contributed by atoms with Gasteiger partial charge in [-0.15, -0.1) is 0 Å². The molecular formula is C24H20Cl2N2O5. The van der Waals surface area contributed by atoms with Gasteiger partial charge in [0, 0.05) is 11.6 Å². The lowest BCUT2D eigenvalue weighted by Crippen LogP contribution is -2.29. The molecule has 4 rings (SSSR count). The molecule has 1 amide bonds. The Hall–Kier alpha value is -3.29. The Kier molecular flexibility index (Phi) is 6.19. The molecule has 1 aliphatic rings. The van der Waals surface area contributed by atoms with E-state index in [-0.39, 0.29) is 28.3 Å². The van der Waals surface area contributed by atoms with Crippen LogP contribution in [0.25, 0.3) is 5.76 Å². The van der Waals surface area contributed by atoms with Crippen LogP contribution in [0, 0.1) is 6.92 Å². The van der Waals surface area contributed by atoms with Crippen LogP contribution in [-0.4, -0.2) is 28.1 Å². The van der Waals surface area contributed by atoms with Gasteiger partial charge in [0.25, 0.3) is 5.78 Å². The van der Waals surface area contributed by atoms with Gasteiger partial charge in [0.2, 0.25) is 0 Å². The maximum absolute atomic E-state index is 13.1. The van der Waals surface area contributed by atoms with Crippen LogP contribution in [0.4, 0.5) is 5.82 Å². The smallest absolute Gasteiger partial charge is 0.301 e. The maximum Gasteiger partial charge on any atom is 0.301 e. The van der Waals surface area contributed by atoms with E-state index in [1.165, 1.54) is 11.0 Å². The lowest BCUT2D eigenvalue weighted by atomic mass is 9.95. The van der Waals surface area contributed by atoms with Gasteiger partial charge < -0.3 is 14.4 Å². The largest absolute Gasteiger partial charge is 0.507 e. The first kappa shape index (κ1) is 22.9. The van der Waals surface area contributed by atoms with Crippen LogP contribution in [0.15, 0.2) is 58.6 Å². The normalized spacial score (nSPS) is 17.8. The van der Waals surface area contributed by atoms with Crippen molar-refractivity contribution >= 4 is 46.5 Å². The Labute approximate surface area is 200 Å². The Balaban J connectivity index is 1.87. The van der Waals surface area contributed by atoms with E-state index in [1.54, 1.807) is 49.4 Å². The minimum Gasteiger partial charge on any atom is -0.507 e. The fourth-order valence-electron chi connectivity index (χ4n) is 3.65. The molecule has 0 radical (unpaired) electrons. The number of hydrogen-bond acceptors (Lipinski definition) is 6. The van der Waals surface area contributed by atoms with Gasteiger partial charge in [0.05, 0.1) is 27.8 Å². The van der Waals surface area contributed by atoms with Gasteiger partial charge in [-0.25, -0.2) is 0 Å². The highest BCUT2D eigenvalue weighted by molar-refractivity contribution is 6.51. The number of halogens is 2. The van der Waals surface area contributed by atoms with Crippen molar-refractivity contribution in [2.45, 2.75) is 32.9 Å². The van der Waals surface area contributed by atoms with Gasteiger partial charge in [-0.05, 0) is 62.7 Å². The molecule has 1 aliphatic heterocycles. The van der Waals surface area contributed by atoms with Gasteiger partial charge in [-0.1, -0.05) is 34.4 Å². The molecule has 1 saturated heterocycles. The van der Waals surface area contributed by atoms with Crippen molar-refractivity contribution in [2.75, 3.05) is 4.90 Å². The number of ether oxygens (including phenoxy) is 1. The van der Waals surface area contributed by atoms with Crippen LogP contribution in [0.1, 0.15) is 36.8 Å². The Bertz CT molecular complexity index is 1260. The van der Waals surface area contributed by atoms with E-state index in [2.05, 4.69) is 5.16 Å². The summed E-state index contributed by atoms with van der Waals surface area (Å²) < 4.78 is 10.7. The van der Waals surface area contributed by atoms with Crippen LogP contribution < -0.4 is 9.64 Å². The summed E-state index contributed by atoms with van der Waals surface area (Å²) in [7, 11) is 0. The van der Waals surface area contributed by atoms with Crippen LogP contribution in [0.3, 0.4) is 0 Å². The minimum absolute atomic E-state index is 0.0182. The van der Waals surface area contributed by atoms with Crippen LogP contribution in [-0.2, 0) is 9.59 Å². The third-order valence-corrected chi connectivity index (χ3v) is 5.80. The minimum atomic E-state index is -0.990. The number of aryl methyl sites for hydroxylation is 1. The topological polar surface area (TPSA) is 92.9 Å². The Morgan fingerprint density at radius 1 is 1.09 bits per heavy atom. The summed E-state index contributed by atoms with van der Waals surface area (Å²) in [5.74, 6) is -0.817. The van der Waals surface area contributed by atoms with Gasteiger partial charge in [0.1, 0.15) is 17.3 Å². The van der Waals surface area contributed by atoms with Crippen molar-refractivity contribution in [3.05, 3.63) is 81.0 Å². The molecular weight excluding hydrogens is 467 g/mol. The van der Waals surface area contributed by atoms with E-state index < -0.39 is 17.7 Å². The van der Waals surface area contributed by atoms with Crippen molar-refractivity contribution in [1.29, 1.82) is 0 Å². The number of Topliss-reactive ketones (excluding diaryl/α,β-unsaturated/α-hetero) is 1. The average Bonchev–Trinajstić information content (AvgIpc) is 3.30. The van der Waals surface area contributed by atoms with Crippen LogP contribution >= 0.6 is 23.2 Å². The molecule has 9 heteroatoms. The second-order valence-corrected chi connectivity index (χ2v) is 8.64. The number of nitrogens with zero attached hydrogens (tertiary/aromatic N) is 2. The van der Waals surface area contributed by atoms with Gasteiger partial charge in [-0.3, -0.25) is 14.5 Å². The fraction of sp³-hybridized carbons (Fsp3) is 0.208. The highest BCUT2D eigenvalue weighted by atomic mass is 35.5. The number of rotatable bonds is 5. The summed E-state index contributed by atoms with van der Waals surface area (Å²) >= 11 is 12.3. The van der Waals surface area contributed by atoms with Crippen molar-refractivity contribution in [2.24, 2.45) is 0 Å². The van der Waals surface area contributed by atoms with E-state index in [1.807, 2.05) is 13.8 Å². The first-order valence-electron chi connectivity index (χ1n) is 10.1. The summed E-state index contributed by atoms with van der Waals surface area (Å²) in [5, 5.41) is 15.6. The predicted molar refractivity (Wildman–Crippen MR) is 125 cm³/mol. The van der Waals surface area contributed by atoms with Crippen LogP contribution in [0.2, 0.25) is 10.0 Å². The highest BCUT2D eigenvalue weighted by Gasteiger charge is 2.48. The fourth-order valence-corrected chi connectivity index (χ4v) is 3.96. The number of aliphatic hydroxyl groups is 1. The molecule has 1 fully saturated rings. The molecule has 1 aromatic heterocycles. The third kappa shape index (κ3) is 4.34. The molecule has 1 unspecified atom stereocenters. The number of ketones is 1. The number of aliphatic hydroxyl groups excluding tert-OH is 1. The molecule has 0 saturated carbocycles. The number of benzene rings is 2. The number of hydrogen-bond donors (Lipinski definition) is 1. The summed E-state index contributed by atoms with van der Waals surface area (Å²) in [5.41, 5.74) is 0.729. The molecule has 1 atom stereocenters. The summed E-state index contributed by atoms with van der Waals surface area (Å²) in [6, 6.07) is 11.9. The third-order valence-electron chi connectivity index (χ3n) is 5.07. The molecule has 2 aromatic carbocycles. The SMILES string of the molecule is Cc1cc(N2C(=O)C(=O)/C(=C(/O)c3ccc(OC(C)C)cc3)C2c2ccc(Cl)c(Cl)c2)no1.